The molecule has 2 saturated heterocycles. The number of aliphatic hydroxyl groups is 4. The number of carbonyl (C=O) groups excluding carboxylic acids is 1. The Morgan fingerprint density at radius 2 is 1.75 bits per heavy atom. The Kier molecular flexibility index (Phi) is 7.36. The number of nitrogens with one attached hydrogen (secondary N) is 1. The van der Waals surface area contributed by atoms with Crippen LogP contribution in [0.25, 0.3) is 0 Å². The van der Waals surface area contributed by atoms with Gasteiger partial charge in [-0.05, 0) is 38.1 Å². The van der Waals surface area contributed by atoms with E-state index in [1.807, 2.05) is 30.3 Å². The first kappa shape index (κ1) is 21.1. The number of aliphatic hydroxyl groups excluding tert-OH is 4. The Hall–Kier alpha value is -1.59. The highest BCUT2D eigenvalue weighted by atomic mass is 16.7. The molecule has 2 aliphatic rings. The van der Waals surface area contributed by atoms with E-state index in [2.05, 4.69) is 5.32 Å². The van der Waals surface area contributed by atoms with Crippen molar-refractivity contribution in [3.63, 3.8) is 0 Å². The van der Waals surface area contributed by atoms with Gasteiger partial charge in [-0.25, -0.2) is 0 Å². The lowest BCUT2D eigenvalue weighted by atomic mass is 10.0. The first-order chi connectivity index (χ1) is 13.5. The summed E-state index contributed by atoms with van der Waals surface area (Å²) < 4.78 is 10.3. The molecule has 0 aliphatic carbocycles. The number of nitrogens with zero attached hydrogens (tertiary/aromatic N) is 1. The second-order valence-electron chi connectivity index (χ2n) is 7.07. The number of anilines is 1. The highest BCUT2D eigenvalue weighted by molar-refractivity contribution is 5.94. The fourth-order valence-electron chi connectivity index (χ4n) is 3.56. The van der Waals surface area contributed by atoms with Gasteiger partial charge in [0.15, 0.2) is 12.6 Å². The Labute approximate surface area is 163 Å². The van der Waals surface area contributed by atoms with Gasteiger partial charge < -0.3 is 40.1 Å². The molecule has 0 bridgehead atoms. The summed E-state index contributed by atoms with van der Waals surface area (Å²) >= 11 is 0. The molecule has 1 aromatic rings. The van der Waals surface area contributed by atoms with Gasteiger partial charge in [-0.1, -0.05) is 18.2 Å². The third kappa shape index (κ3) is 4.87. The Morgan fingerprint density at radius 1 is 1.07 bits per heavy atom. The van der Waals surface area contributed by atoms with Crippen molar-refractivity contribution < 1.29 is 34.7 Å². The van der Waals surface area contributed by atoms with Crippen molar-refractivity contribution in [3.05, 3.63) is 30.3 Å². The first-order valence-electron chi connectivity index (χ1n) is 9.56. The normalized spacial score (nSPS) is 31.5. The average molecular weight is 396 g/mol. The van der Waals surface area contributed by atoms with Crippen LogP contribution in [0.4, 0.5) is 5.69 Å². The molecule has 3 rings (SSSR count). The van der Waals surface area contributed by atoms with Gasteiger partial charge >= 0.3 is 0 Å². The van der Waals surface area contributed by atoms with Gasteiger partial charge in [0.1, 0.15) is 18.3 Å². The van der Waals surface area contributed by atoms with Crippen molar-refractivity contribution in [3.8, 4) is 0 Å². The molecule has 5 N–H and O–H groups in total. The van der Waals surface area contributed by atoms with E-state index >= 15 is 0 Å². The van der Waals surface area contributed by atoms with E-state index in [1.165, 1.54) is 0 Å². The number of amides is 1. The van der Waals surface area contributed by atoms with Crippen molar-refractivity contribution in [1.82, 2.24) is 5.32 Å². The molecule has 1 amide bonds. The molecule has 2 aliphatic heterocycles. The molecule has 2 heterocycles. The average Bonchev–Trinajstić information content (AvgIpc) is 2.72. The summed E-state index contributed by atoms with van der Waals surface area (Å²) in [6.45, 7) is 1.63. The van der Waals surface area contributed by atoms with Crippen molar-refractivity contribution in [2.45, 2.75) is 56.2 Å². The number of ether oxygens (including phenoxy) is 2. The third-order valence-electron chi connectivity index (χ3n) is 5.12. The zero-order valence-electron chi connectivity index (χ0n) is 15.6. The van der Waals surface area contributed by atoms with Crippen LogP contribution < -0.4 is 10.2 Å². The lowest BCUT2D eigenvalue weighted by molar-refractivity contribution is -0.339. The quantitative estimate of drug-likeness (QED) is 0.411. The van der Waals surface area contributed by atoms with E-state index < -0.39 is 30.9 Å². The molecular formula is C19H28N2O7. The molecular weight excluding hydrogens is 368 g/mol. The monoisotopic (exact) mass is 396 g/mol. The molecule has 9 heteroatoms. The predicted octanol–water partition coefficient (Wildman–Crippen LogP) is -1.06. The number of hydrogen-bond acceptors (Lipinski definition) is 8. The lowest BCUT2D eigenvalue weighted by Gasteiger charge is -2.38. The van der Waals surface area contributed by atoms with Crippen molar-refractivity contribution in [2.24, 2.45) is 0 Å². The van der Waals surface area contributed by atoms with Crippen LogP contribution in [0.5, 0.6) is 0 Å². The van der Waals surface area contributed by atoms with Gasteiger partial charge in [0.2, 0.25) is 5.91 Å². The topological polar surface area (TPSA) is 132 Å². The molecule has 1 aromatic carbocycles. The van der Waals surface area contributed by atoms with Crippen LogP contribution >= 0.6 is 0 Å². The minimum Gasteiger partial charge on any atom is -0.387 e. The lowest BCUT2D eigenvalue weighted by Crippen LogP contribution is -2.58. The van der Waals surface area contributed by atoms with E-state index in [0.717, 1.165) is 31.6 Å². The summed E-state index contributed by atoms with van der Waals surface area (Å²) in [7, 11) is 0. The molecule has 0 aromatic heterocycles. The maximum atomic E-state index is 12.9. The van der Waals surface area contributed by atoms with E-state index in [9.17, 15) is 25.2 Å². The van der Waals surface area contributed by atoms with Gasteiger partial charge in [-0.3, -0.25) is 4.79 Å². The Morgan fingerprint density at radius 3 is 2.43 bits per heavy atom. The molecule has 5 atom stereocenters. The number of para-hydroxylation sites is 1. The minimum absolute atomic E-state index is 0.0418. The fraction of sp³-hybridized carbons (Fsp3) is 0.632. The molecule has 0 saturated carbocycles. The number of hydrogen-bond donors (Lipinski definition) is 5. The van der Waals surface area contributed by atoms with Crippen LogP contribution in [0, 0.1) is 0 Å². The van der Waals surface area contributed by atoms with Crippen LogP contribution in [0.3, 0.4) is 0 Å². The largest absolute Gasteiger partial charge is 0.387 e. The Bertz CT molecular complexity index is 626. The standard InChI is InChI=1S/C19H28N2O7/c22-14(8-11-27-19-17(25)15(23)16(24)18(26)28-19)21(12-4-2-1-3-5-12)13-6-9-20-10-7-13/h1-5,13,15-20,23-26H,6-11H2/t15-,16-,17?,18?,19+/m0/s1. The van der Waals surface area contributed by atoms with Crippen LogP contribution in [-0.4, -0.2) is 83.0 Å². The minimum atomic E-state index is -1.67. The third-order valence-corrected chi connectivity index (χ3v) is 5.12. The molecule has 0 spiro atoms. The number of rotatable bonds is 6. The maximum Gasteiger partial charge on any atom is 0.229 e. The molecule has 0 radical (unpaired) electrons. The van der Waals surface area contributed by atoms with Crippen LogP contribution in [-0.2, 0) is 14.3 Å². The van der Waals surface area contributed by atoms with Crippen molar-refractivity contribution in [2.75, 3.05) is 24.6 Å². The molecule has 9 nitrogen and oxygen atoms in total. The van der Waals surface area contributed by atoms with E-state index in [-0.39, 0.29) is 25.0 Å². The van der Waals surface area contributed by atoms with Gasteiger partial charge in [0.05, 0.1) is 13.0 Å². The maximum absolute atomic E-state index is 12.9. The second-order valence-corrected chi connectivity index (χ2v) is 7.07. The molecule has 28 heavy (non-hydrogen) atoms. The van der Waals surface area contributed by atoms with Crippen LogP contribution in [0.15, 0.2) is 30.3 Å². The highest BCUT2D eigenvalue weighted by Crippen LogP contribution is 2.24. The molecule has 2 fully saturated rings. The fourth-order valence-corrected chi connectivity index (χ4v) is 3.56. The van der Waals surface area contributed by atoms with Gasteiger partial charge in [0, 0.05) is 11.7 Å². The van der Waals surface area contributed by atoms with Crippen molar-refractivity contribution >= 4 is 11.6 Å². The highest BCUT2D eigenvalue weighted by Gasteiger charge is 2.43. The summed E-state index contributed by atoms with van der Waals surface area (Å²) in [5, 5.41) is 41.9. The van der Waals surface area contributed by atoms with E-state index in [0.29, 0.717) is 0 Å². The summed E-state index contributed by atoms with van der Waals surface area (Å²) in [6, 6.07) is 9.53. The number of carbonyl (C=O) groups is 1. The van der Waals surface area contributed by atoms with Crippen molar-refractivity contribution in [1.29, 1.82) is 0 Å². The summed E-state index contributed by atoms with van der Waals surface area (Å²) in [6.07, 6.45) is -6.00. The van der Waals surface area contributed by atoms with Crippen LogP contribution in [0.2, 0.25) is 0 Å². The summed E-state index contributed by atoms with van der Waals surface area (Å²) in [5.41, 5.74) is 0.822. The summed E-state index contributed by atoms with van der Waals surface area (Å²) in [5.74, 6) is -0.121. The molecule has 2 unspecified atom stereocenters. The van der Waals surface area contributed by atoms with E-state index in [1.54, 1.807) is 4.90 Å². The van der Waals surface area contributed by atoms with Gasteiger partial charge in [-0.2, -0.15) is 0 Å². The molecule has 156 valence electrons. The van der Waals surface area contributed by atoms with Crippen LogP contribution in [0.1, 0.15) is 19.3 Å². The second kappa shape index (κ2) is 9.75. The summed E-state index contributed by atoms with van der Waals surface area (Å²) in [4.78, 5) is 14.7. The zero-order valence-corrected chi connectivity index (χ0v) is 15.6. The van der Waals surface area contributed by atoms with Gasteiger partial charge in [0.25, 0.3) is 0 Å². The first-order valence-corrected chi connectivity index (χ1v) is 9.56. The number of benzene rings is 1. The SMILES string of the molecule is O=C(CCO[C@@H]1OC(O)[C@@H](O)[C@H](O)C1O)N(c1ccccc1)C1CCNCC1. The Balaban J connectivity index is 1.59. The van der Waals surface area contributed by atoms with Gasteiger partial charge in [-0.15, -0.1) is 0 Å². The zero-order chi connectivity index (χ0) is 20.1. The smallest absolute Gasteiger partial charge is 0.229 e. The van der Waals surface area contributed by atoms with E-state index in [4.69, 9.17) is 9.47 Å². The number of piperidine rings is 1. The predicted molar refractivity (Wildman–Crippen MR) is 99.3 cm³/mol.